The van der Waals surface area contributed by atoms with E-state index in [1.165, 1.54) is 37.1 Å². The monoisotopic (exact) mass is 925 g/mol. The van der Waals surface area contributed by atoms with Crippen LogP contribution in [0.4, 0.5) is 34.4 Å². The summed E-state index contributed by atoms with van der Waals surface area (Å²) in [6.45, 7) is 1.37. The summed E-state index contributed by atoms with van der Waals surface area (Å²) >= 11 is 11.7. The molecular weight excluding hydrogens is 912 g/mol. The van der Waals surface area contributed by atoms with Gasteiger partial charge in [-0.15, -0.1) is 10.2 Å². The molecule has 28 heteroatoms. The van der Waals surface area contributed by atoms with Crippen LogP contribution in [0.1, 0.15) is 5.56 Å². The SMILES string of the molecule is Cc1cc(N=Nc2c(S(=O)(=O)[O-])cc3cc(N(C)c4nc(Cl)nc(Cl)n4)ccc3c2[O-])c([O-])cc1N=Nc1cc(S(=O)(=O)[O-])ccc1S(=O)(=O)[O-].[Cu+2].[Na+].[Na+].[Na+]. The molecule has 5 rings (SSSR count). The average Bonchev–Trinajstić information content (AvgIpc) is 3.02. The van der Waals surface area contributed by atoms with Crippen LogP contribution in [0.3, 0.4) is 0 Å². The summed E-state index contributed by atoms with van der Waals surface area (Å²) in [6.07, 6.45) is 0. The fourth-order valence-corrected chi connectivity index (χ4v) is 6.48. The summed E-state index contributed by atoms with van der Waals surface area (Å²) in [7, 11) is -14.1. The zero-order valence-corrected chi connectivity index (χ0v) is 39.4. The molecule has 19 nitrogen and oxygen atoms in total. The van der Waals surface area contributed by atoms with Crippen molar-refractivity contribution in [3.63, 3.8) is 0 Å². The Kier molecular flexibility index (Phi) is 18.8. The van der Waals surface area contributed by atoms with Crippen molar-refractivity contribution in [1.82, 2.24) is 15.0 Å². The molecule has 5 aromatic rings. The first kappa shape index (κ1) is 51.6. The van der Waals surface area contributed by atoms with Gasteiger partial charge < -0.3 is 28.8 Å². The predicted octanol–water partition coefficient (Wildman–Crippen LogP) is -4.89. The van der Waals surface area contributed by atoms with E-state index in [0.29, 0.717) is 23.9 Å². The third-order valence-corrected chi connectivity index (χ3v) is 9.73. The van der Waals surface area contributed by atoms with Gasteiger partial charge in [0.25, 0.3) is 0 Å². The molecule has 0 fully saturated rings. The molecule has 0 N–H and O–H groups in total. The first-order chi connectivity index (χ1) is 23.6. The number of aromatic nitrogens is 3. The Morgan fingerprint density at radius 1 is 0.655 bits per heavy atom. The molecule has 0 aliphatic heterocycles. The third kappa shape index (κ3) is 12.3. The number of nitrogens with zero attached hydrogens (tertiary/aromatic N) is 8. The minimum Gasteiger partial charge on any atom is -0.871 e. The van der Waals surface area contributed by atoms with Gasteiger partial charge >= 0.3 is 106 Å². The summed E-state index contributed by atoms with van der Waals surface area (Å²) in [5.74, 6) is -1.95. The molecule has 0 bridgehead atoms. The first-order valence-corrected chi connectivity index (χ1v) is 18.4. The molecule has 55 heavy (non-hydrogen) atoms. The molecule has 0 aliphatic rings. The van der Waals surface area contributed by atoms with Crippen molar-refractivity contribution in [1.29, 1.82) is 0 Å². The van der Waals surface area contributed by atoms with Crippen LogP contribution in [-0.2, 0) is 47.4 Å². The number of rotatable bonds is 9. The topological polar surface area (TPSA) is 309 Å². The average molecular weight is 927 g/mol. The van der Waals surface area contributed by atoms with E-state index >= 15 is 0 Å². The number of hydrogen-bond acceptors (Lipinski definition) is 19. The van der Waals surface area contributed by atoms with Gasteiger partial charge in [-0.25, -0.2) is 25.3 Å². The fourth-order valence-electron chi connectivity index (χ4n) is 4.40. The van der Waals surface area contributed by atoms with E-state index < -0.39 is 73.6 Å². The summed E-state index contributed by atoms with van der Waals surface area (Å²) in [6, 6.07) is 8.57. The van der Waals surface area contributed by atoms with Crippen molar-refractivity contribution in [3.8, 4) is 11.5 Å². The number of fused-ring (bicyclic) bond motifs is 1. The number of hydrogen-bond donors (Lipinski definition) is 0. The van der Waals surface area contributed by atoms with Crippen LogP contribution < -0.4 is 104 Å². The molecule has 1 heterocycles. The van der Waals surface area contributed by atoms with Crippen molar-refractivity contribution in [2.24, 2.45) is 20.5 Å². The van der Waals surface area contributed by atoms with E-state index in [2.05, 4.69) is 35.4 Å². The Labute approximate surface area is 399 Å². The number of benzene rings is 4. The van der Waals surface area contributed by atoms with Gasteiger partial charge in [0.15, 0.2) is 0 Å². The largest absolute Gasteiger partial charge is 2.00 e. The minimum absolute atomic E-state index is 0. The summed E-state index contributed by atoms with van der Waals surface area (Å²) < 4.78 is 106. The summed E-state index contributed by atoms with van der Waals surface area (Å²) in [4.78, 5) is 9.98. The molecule has 0 amide bonds. The third-order valence-electron chi connectivity index (χ3n) is 6.83. The van der Waals surface area contributed by atoms with E-state index in [0.717, 1.165) is 18.2 Å². The van der Waals surface area contributed by atoms with Crippen molar-refractivity contribution in [2.45, 2.75) is 21.6 Å². The maximum Gasteiger partial charge on any atom is 2.00 e. The summed E-state index contributed by atoms with van der Waals surface area (Å²) in [5.41, 5.74) is -1.96. The smallest absolute Gasteiger partial charge is 0.871 e. The van der Waals surface area contributed by atoms with Crippen molar-refractivity contribution in [2.75, 3.05) is 11.9 Å². The van der Waals surface area contributed by atoms with E-state index in [1.54, 1.807) is 0 Å². The molecule has 0 saturated carbocycles. The normalized spacial score (nSPS) is 11.8. The Balaban J connectivity index is 0.00000378. The maximum absolute atomic E-state index is 13.4. The second kappa shape index (κ2) is 20.0. The molecule has 0 unspecified atom stereocenters. The van der Waals surface area contributed by atoms with Gasteiger partial charge in [-0.1, -0.05) is 17.6 Å². The second-order valence-electron chi connectivity index (χ2n) is 10.2. The van der Waals surface area contributed by atoms with Crippen LogP contribution in [0, 0.1) is 6.92 Å². The number of azo groups is 2. The fraction of sp³-hybridized carbons (Fsp3) is 0.0741. The van der Waals surface area contributed by atoms with Gasteiger partial charge in [0.05, 0.1) is 31.7 Å². The van der Waals surface area contributed by atoms with E-state index in [-0.39, 0.29) is 144 Å². The van der Waals surface area contributed by atoms with Gasteiger partial charge in [0.1, 0.15) is 36.0 Å². The zero-order chi connectivity index (χ0) is 37.6. The van der Waals surface area contributed by atoms with Crippen LogP contribution in [0.5, 0.6) is 11.5 Å². The summed E-state index contributed by atoms with van der Waals surface area (Å²) in [5, 5.41) is 40.3. The maximum atomic E-state index is 13.4. The molecule has 1 radical (unpaired) electrons. The molecular formula is C27H15Cl2CuN8Na3O11S3. The second-order valence-corrected chi connectivity index (χ2v) is 14.9. The zero-order valence-electron chi connectivity index (χ0n) is 28.5. The van der Waals surface area contributed by atoms with Gasteiger partial charge in [-0.05, 0) is 95.0 Å². The van der Waals surface area contributed by atoms with Crippen LogP contribution in [-0.4, -0.2) is 60.9 Å². The quantitative estimate of drug-likeness (QED) is 0.0760. The van der Waals surface area contributed by atoms with Gasteiger partial charge in [-0.2, -0.15) is 25.2 Å². The Morgan fingerprint density at radius 3 is 1.78 bits per heavy atom. The van der Waals surface area contributed by atoms with Gasteiger partial charge in [0.2, 0.25) is 16.5 Å². The Hall–Kier alpha value is -1.42. The molecule has 4 aromatic carbocycles. The Bertz CT molecular complexity index is 2660. The molecule has 0 aliphatic carbocycles. The van der Waals surface area contributed by atoms with Crippen LogP contribution in [0.15, 0.2) is 89.7 Å². The minimum atomic E-state index is -5.35. The molecule has 1 aromatic heterocycles. The van der Waals surface area contributed by atoms with E-state index in [1.807, 2.05) is 0 Å². The number of halogens is 2. The van der Waals surface area contributed by atoms with Crippen LogP contribution in [0.25, 0.3) is 10.8 Å². The molecule has 275 valence electrons. The number of anilines is 2. The van der Waals surface area contributed by atoms with Crippen LogP contribution in [0.2, 0.25) is 10.6 Å². The predicted molar refractivity (Wildman–Crippen MR) is 171 cm³/mol. The number of aryl methyl sites for hydroxylation is 1. The molecule has 0 spiro atoms. The van der Waals surface area contributed by atoms with Crippen molar-refractivity contribution in [3.05, 3.63) is 70.7 Å². The van der Waals surface area contributed by atoms with Gasteiger partial charge in [0, 0.05) is 12.7 Å². The molecule has 0 saturated heterocycles. The van der Waals surface area contributed by atoms with Crippen molar-refractivity contribution >= 4 is 98.7 Å². The standard InChI is InChI=1S/C27H20Cl2N8O11S3.Cu.3Na/c1-12-7-18(20(38)11-17(12)33-35-19-10-15(49(40,41)42)4-6-21(19)50(43,44)45)34-36-23-22(51(46,47)48)9-13-8-14(3-5-16(13)24(23)39)37(2)27-31-25(28)30-26(29)32-27;;;;/h3-11,38-39H,1-2H3,(H,40,41,42)(H,43,44,45)(H,46,47,48);;;;/q;+2;3*+1/p-5. The molecule has 0 atom stereocenters. The Morgan fingerprint density at radius 2 is 1.22 bits per heavy atom. The van der Waals surface area contributed by atoms with Crippen LogP contribution >= 0.6 is 23.2 Å². The van der Waals surface area contributed by atoms with E-state index in [4.69, 9.17) is 23.2 Å². The van der Waals surface area contributed by atoms with Crippen molar-refractivity contribution < 1.29 is 155 Å². The first-order valence-electron chi connectivity index (χ1n) is 13.4. The van der Waals surface area contributed by atoms with Gasteiger partial charge in [-0.3, -0.25) is 0 Å². The van der Waals surface area contributed by atoms with E-state index in [9.17, 15) is 49.1 Å².